The van der Waals surface area contributed by atoms with Gasteiger partial charge in [-0.2, -0.15) is 0 Å². The molecule has 27 heavy (non-hydrogen) atoms. The van der Waals surface area contributed by atoms with Gasteiger partial charge >= 0.3 is 5.97 Å². The molecule has 6 nitrogen and oxygen atoms in total. The number of nitrogens with zero attached hydrogens (tertiary/aromatic N) is 2. The molecule has 0 spiro atoms. The zero-order valence-corrected chi connectivity index (χ0v) is 16.4. The average Bonchev–Trinajstić information content (AvgIpc) is 2.69. The highest BCUT2D eigenvalue weighted by molar-refractivity contribution is 6.01. The van der Waals surface area contributed by atoms with Gasteiger partial charge < -0.3 is 20.2 Å². The smallest absolute Gasteiger partial charge is 0.337 e. The summed E-state index contributed by atoms with van der Waals surface area (Å²) in [7, 11) is 0. The summed E-state index contributed by atoms with van der Waals surface area (Å²) >= 11 is 0. The highest BCUT2D eigenvalue weighted by atomic mass is 16.4. The predicted octanol–water partition coefficient (Wildman–Crippen LogP) is 3.43. The lowest BCUT2D eigenvalue weighted by molar-refractivity contribution is -0.118. The molecule has 2 aliphatic heterocycles. The highest BCUT2D eigenvalue weighted by Crippen LogP contribution is 2.28. The number of amides is 1. The molecule has 1 aromatic rings. The molecule has 1 aromatic carbocycles. The number of rotatable bonds is 5. The Morgan fingerprint density at radius 3 is 2.33 bits per heavy atom. The van der Waals surface area contributed by atoms with Crippen molar-refractivity contribution >= 4 is 23.3 Å². The van der Waals surface area contributed by atoms with Gasteiger partial charge in [0.15, 0.2) is 0 Å². The fourth-order valence-corrected chi connectivity index (χ4v) is 4.06. The maximum Gasteiger partial charge on any atom is 0.337 e. The number of carboxylic acids is 1. The summed E-state index contributed by atoms with van der Waals surface area (Å²) in [6.07, 6.45) is 6.22. The maximum absolute atomic E-state index is 11.9. The van der Waals surface area contributed by atoms with Crippen LogP contribution in [0.2, 0.25) is 0 Å². The number of carboxylic acid groups (broad SMARTS) is 1. The third-order valence-corrected chi connectivity index (χ3v) is 5.75. The molecule has 2 saturated heterocycles. The minimum absolute atomic E-state index is 0.152. The number of hydrogen-bond acceptors (Lipinski definition) is 4. The largest absolute Gasteiger partial charge is 0.478 e. The lowest BCUT2D eigenvalue weighted by Crippen LogP contribution is -2.46. The van der Waals surface area contributed by atoms with Crippen molar-refractivity contribution in [3.8, 4) is 0 Å². The number of hydrogen-bond donors (Lipinski definition) is 2. The van der Waals surface area contributed by atoms with Crippen molar-refractivity contribution < 1.29 is 14.7 Å². The number of likely N-dealkylation sites (tertiary alicyclic amines) is 1. The van der Waals surface area contributed by atoms with Crippen molar-refractivity contribution in [3.63, 3.8) is 0 Å². The van der Waals surface area contributed by atoms with Crippen LogP contribution in [0.25, 0.3) is 0 Å². The van der Waals surface area contributed by atoms with E-state index < -0.39 is 5.97 Å². The van der Waals surface area contributed by atoms with Crippen LogP contribution in [0.1, 0.15) is 56.3 Å². The lowest BCUT2D eigenvalue weighted by atomic mass is 9.99. The lowest BCUT2D eigenvalue weighted by Gasteiger charge is -2.41. The summed E-state index contributed by atoms with van der Waals surface area (Å²) in [5, 5.41) is 12.3. The Hall–Kier alpha value is -2.08. The van der Waals surface area contributed by atoms with Crippen molar-refractivity contribution in [2.75, 3.05) is 36.4 Å². The van der Waals surface area contributed by atoms with E-state index >= 15 is 0 Å². The van der Waals surface area contributed by atoms with Crippen LogP contribution in [0.5, 0.6) is 0 Å². The molecule has 148 valence electrons. The number of piperidine rings is 2. The number of aromatic carboxylic acids is 1. The molecular weight excluding hydrogens is 342 g/mol. The highest BCUT2D eigenvalue weighted by Gasteiger charge is 2.26. The van der Waals surface area contributed by atoms with E-state index in [1.54, 1.807) is 26.0 Å². The van der Waals surface area contributed by atoms with Gasteiger partial charge in [-0.15, -0.1) is 0 Å². The minimum Gasteiger partial charge on any atom is -0.478 e. The molecule has 6 heteroatoms. The quantitative estimate of drug-likeness (QED) is 0.827. The predicted molar refractivity (Wildman–Crippen MR) is 108 cm³/mol. The van der Waals surface area contributed by atoms with Gasteiger partial charge in [0.2, 0.25) is 5.91 Å². The van der Waals surface area contributed by atoms with E-state index in [0.29, 0.717) is 11.7 Å². The first-order valence-electron chi connectivity index (χ1n) is 10.1. The van der Waals surface area contributed by atoms with Crippen molar-refractivity contribution in [2.24, 2.45) is 5.92 Å². The van der Waals surface area contributed by atoms with Gasteiger partial charge in [0.05, 0.1) is 11.3 Å². The van der Waals surface area contributed by atoms with Crippen LogP contribution in [0, 0.1) is 5.92 Å². The average molecular weight is 373 g/mol. The number of benzene rings is 1. The van der Waals surface area contributed by atoms with E-state index in [4.69, 9.17) is 0 Å². The molecule has 0 unspecified atom stereocenters. The van der Waals surface area contributed by atoms with Crippen LogP contribution in [-0.2, 0) is 4.79 Å². The molecule has 1 amide bonds. The van der Waals surface area contributed by atoms with Gasteiger partial charge in [0.25, 0.3) is 0 Å². The van der Waals surface area contributed by atoms with Crippen molar-refractivity contribution in [2.45, 2.75) is 52.0 Å². The Kier molecular flexibility index (Phi) is 6.37. The molecule has 2 N–H and O–H groups in total. The van der Waals surface area contributed by atoms with E-state index in [9.17, 15) is 14.7 Å². The summed E-state index contributed by atoms with van der Waals surface area (Å²) in [5.41, 5.74) is 1.44. The molecule has 2 heterocycles. The molecule has 2 aliphatic rings. The molecule has 0 radical (unpaired) electrons. The first kappa shape index (κ1) is 19.7. The van der Waals surface area contributed by atoms with Crippen LogP contribution in [-0.4, -0.2) is 54.1 Å². The number of carbonyl (C=O) groups is 2. The van der Waals surface area contributed by atoms with E-state index in [2.05, 4.69) is 15.1 Å². The first-order chi connectivity index (χ1) is 13.0. The molecular formula is C21H31N3O3. The SMILES string of the molecule is CC(C)C(=O)Nc1ccc(N2CCC(N3CCCCC3)CC2)cc1C(=O)O. The minimum atomic E-state index is -1.01. The molecule has 0 saturated carbocycles. The normalized spacial score (nSPS) is 19.3. The van der Waals surface area contributed by atoms with E-state index in [1.165, 1.54) is 32.4 Å². The monoisotopic (exact) mass is 373 g/mol. The van der Waals surface area contributed by atoms with Gasteiger partial charge in [-0.3, -0.25) is 4.79 Å². The molecule has 0 bridgehead atoms. The number of nitrogens with one attached hydrogen (secondary N) is 1. The first-order valence-corrected chi connectivity index (χ1v) is 10.1. The number of carbonyl (C=O) groups excluding carboxylic acids is 1. The van der Waals surface area contributed by atoms with Gasteiger partial charge in [0.1, 0.15) is 0 Å². The van der Waals surface area contributed by atoms with E-state index in [-0.39, 0.29) is 17.4 Å². The van der Waals surface area contributed by atoms with Crippen molar-refractivity contribution in [1.29, 1.82) is 0 Å². The van der Waals surface area contributed by atoms with E-state index in [1.807, 2.05) is 6.07 Å². The Labute approximate surface area is 161 Å². The molecule has 0 aromatic heterocycles. The van der Waals surface area contributed by atoms with Gasteiger partial charge in [0, 0.05) is 30.7 Å². The molecule has 0 aliphatic carbocycles. The summed E-state index contributed by atoms with van der Waals surface area (Å²) in [6, 6.07) is 5.99. The zero-order chi connectivity index (χ0) is 19.4. The molecule has 3 rings (SSSR count). The Morgan fingerprint density at radius 2 is 1.74 bits per heavy atom. The maximum atomic E-state index is 11.9. The van der Waals surface area contributed by atoms with Gasteiger partial charge in [-0.05, 0) is 57.0 Å². The third kappa shape index (κ3) is 4.80. The van der Waals surface area contributed by atoms with Gasteiger partial charge in [-0.1, -0.05) is 20.3 Å². The summed E-state index contributed by atoms with van der Waals surface area (Å²) in [4.78, 5) is 28.5. The second-order valence-electron chi connectivity index (χ2n) is 7.99. The fraction of sp³-hybridized carbons (Fsp3) is 0.619. The summed E-state index contributed by atoms with van der Waals surface area (Å²) in [5.74, 6) is -1.38. The van der Waals surface area contributed by atoms with E-state index in [0.717, 1.165) is 31.6 Å². The summed E-state index contributed by atoms with van der Waals surface area (Å²) in [6.45, 7) is 7.90. The van der Waals surface area contributed by atoms with Crippen LogP contribution < -0.4 is 10.2 Å². The Bertz CT molecular complexity index is 675. The van der Waals surface area contributed by atoms with Gasteiger partial charge in [-0.25, -0.2) is 4.79 Å². The number of anilines is 2. The topological polar surface area (TPSA) is 72.9 Å². The zero-order valence-electron chi connectivity index (χ0n) is 16.4. The van der Waals surface area contributed by atoms with Crippen LogP contribution in [0.3, 0.4) is 0 Å². The Balaban J connectivity index is 1.67. The van der Waals surface area contributed by atoms with Crippen LogP contribution in [0.4, 0.5) is 11.4 Å². The van der Waals surface area contributed by atoms with Crippen molar-refractivity contribution in [3.05, 3.63) is 23.8 Å². The summed E-state index contributed by atoms with van der Waals surface area (Å²) < 4.78 is 0. The molecule has 2 fully saturated rings. The van der Waals surface area contributed by atoms with Crippen molar-refractivity contribution in [1.82, 2.24) is 4.90 Å². The van der Waals surface area contributed by atoms with Crippen LogP contribution >= 0.6 is 0 Å². The standard InChI is InChI=1S/C21H31N3O3/c1-15(2)20(25)22-19-7-6-17(14-18(19)21(26)27)24-12-8-16(9-13-24)23-10-4-3-5-11-23/h6-7,14-16H,3-5,8-13H2,1-2H3,(H,22,25)(H,26,27). The fourth-order valence-electron chi connectivity index (χ4n) is 4.06. The Morgan fingerprint density at radius 1 is 1.07 bits per heavy atom. The third-order valence-electron chi connectivity index (χ3n) is 5.75. The second-order valence-corrected chi connectivity index (χ2v) is 7.99. The second kappa shape index (κ2) is 8.74. The molecule has 0 atom stereocenters. The van der Waals surface area contributed by atoms with Crippen LogP contribution in [0.15, 0.2) is 18.2 Å².